The van der Waals surface area contributed by atoms with Crippen LogP contribution in [0, 0.1) is 27.9 Å². The quantitative estimate of drug-likeness (QED) is 0.0317. The number of nitro benzene ring substituents is 1. The molecule has 1 heterocycles. The van der Waals surface area contributed by atoms with E-state index in [1.807, 2.05) is 49.4 Å². The third kappa shape index (κ3) is 10.6. The molecule has 13 nitrogen and oxygen atoms in total. The molecule has 6 atom stereocenters. The fourth-order valence-corrected chi connectivity index (χ4v) is 9.91. The number of hydrogen-bond acceptors (Lipinski definition) is 11. The predicted molar refractivity (Wildman–Crippen MR) is 250 cm³/mol. The van der Waals surface area contributed by atoms with Crippen molar-refractivity contribution in [3.63, 3.8) is 0 Å². The van der Waals surface area contributed by atoms with E-state index >= 15 is 0 Å². The Kier molecular flexibility index (Phi) is 16.1. The summed E-state index contributed by atoms with van der Waals surface area (Å²) in [7, 11) is 0. The Labute approximate surface area is 381 Å². The van der Waals surface area contributed by atoms with Gasteiger partial charge in [-0.3, -0.25) is 15.0 Å². The lowest BCUT2D eigenvalue weighted by Gasteiger charge is -2.59. The van der Waals surface area contributed by atoms with Crippen LogP contribution in [0.15, 0.2) is 127 Å². The molecule has 3 aliphatic rings. The smallest absolute Gasteiger partial charge is 0.410 e. The van der Waals surface area contributed by atoms with Crippen LogP contribution < -0.4 is 9.47 Å². The minimum absolute atomic E-state index is 0.0134. The van der Waals surface area contributed by atoms with Gasteiger partial charge in [0.1, 0.15) is 29.9 Å². The number of hydrogen-bond donors (Lipinski definition) is 2. The van der Waals surface area contributed by atoms with Gasteiger partial charge in [-0.1, -0.05) is 73.5 Å². The van der Waals surface area contributed by atoms with Crippen LogP contribution in [0.3, 0.4) is 0 Å². The van der Waals surface area contributed by atoms with Crippen LogP contribution in [0.25, 0.3) is 10.8 Å². The van der Waals surface area contributed by atoms with Gasteiger partial charge >= 0.3 is 6.09 Å². The van der Waals surface area contributed by atoms with Gasteiger partial charge in [0.25, 0.3) is 5.69 Å². The van der Waals surface area contributed by atoms with Crippen LogP contribution in [0.4, 0.5) is 10.5 Å². The number of carbonyl (C=O) groups is 1. The molecule has 0 radical (unpaired) electrons. The monoisotopic (exact) mass is 887 g/mol. The normalized spacial score (nSPS) is 22.5. The number of benzene rings is 4. The van der Waals surface area contributed by atoms with Gasteiger partial charge in [0.05, 0.1) is 29.8 Å². The van der Waals surface area contributed by atoms with E-state index in [1.165, 1.54) is 12.1 Å². The molecule has 0 aromatic heterocycles. The van der Waals surface area contributed by atoms with Crippen LogP contribution in [-0.2, 0) is 20.9 Å². The molecule has 1 amide bonds. The number of amides is 1. The number of nitrogens with zero attached hydrogens (tertiary/aromatic N) is 3. The lowest BCUT2D eigenvalue weighted by molar-refractivity contribution is -0.384. The van der Waals surface area contributed by atoms with Crippen molar-refractivity contribution in [1.82, 2.24) is 4.90 Å². The summed E-state index contributed by atoms with van der Waals surface area (Å²) in [4.78, 5) is 33.1. The molecule has 0 saturated heterocycles. The number of fused-ring (bicyclic) bond motifs is 3. The van der Waals surface area contributed by atoms with Crippen molar-refractivity contribution in [1.29, 1.82) is 0 Å². The van der Waals surface area contributed by atoms with E-state index in [4.69, 9.17) is 28.9 Å². The summed E-state index contributed by atoms with van der Waals surface area (Å²) in [6, 6.07) is 25.5. The first kappa shape index (κ1) is 47.0. The Morgan fingerprint density at radius 1 is 0.954 bits per heavy atom. The van der Waals surface area contributed by atoms with Crippen molar-refractivity contribution in [3.8, 4) is 17.2 Å². The van der Waals surface area contributed by atoms with E-state index in [0.717, 1.165) is 47.6 Å². The number of unbranched alkanes of at least 4 members (excludes halogenated alkanes) is 2. The number of carbonyl (C=O) groups excluding carboxylic acids is 1. The van der Waals surface area contributed by atoms with E-state index in [2.05, 4.69) is 37.4 Å². The van der Waals surface area contributed by atoms with Gasteiger partial charge in [0, 0.05) is 49.8 Å². The fraction of sp³-hybridized carbons (Fsp3) is 0.423. The summed E-state index contributed by atoms with van der Waals surface area (Å²) in [5.74, 6) is -0.263. The van der Waals surface area contributed by atoms with Gasteiger partial charge in [-0.2, -0.15) is 0 Å². The number of nitro groups is 1. The molecule has 2 N–H and O–H groups in total. The molecule has 6 unspecified atom stereocenters. The summed E-state index contributed by atoms with van der Waals surface area (Å²) in [6.45, 7) is 10.6. The second kappa shape index (κ2) is 22.3. The number of aliphatic hydroxyl groups is 2. The zero-order valence-electron chi connectivity index (χ0n) is 37.2. The second-order valence-corrected chi connectivity index (χ2v) is 17.0. The second-order valence-electron chi connectivity index (χ2n) is 17.0. The molecular weight excluding hydrogens is 827 g/mol. The number of non-ortho nitro benzene ring substituents is 1. The van der Waals surface area contributed by atoms with Gasteiger partial charge in [-0.15, -0.1) is 13.2 Å². The van der Waals surface area contributed by atoms with Gasteiger partial charge in [0.2, 0.25) is 5.79 Å². The first-order chi connectivity index (χ1) is 31.7. The van der Waals surface area contributed by atoms with E-state index in [1.54, 1.807) is 29.2 Å². The van der Waals surface area contributed by atoms with Crippen molar-refractivity contribution in [2.75, 3.05) is 33.0 Å². The number of allylic oxidation sites excluding steroid dienone is 1. The Bertz CT molecular complexity index is 2350. The number of aliphatic hydroxyl groups excluding tert-OH is 2. The fourth-order valence-electron chi connectivity index (χ4n) is 9.91. The Morgan fingerprint density at radius 3 is 2.42 bits per heavy atom. The molecular formula is C52H61N3O10. The molecule has 2 aliphatic carbocycles. The van der Waals surface area contributed by atoms with Gasteiger partial charge in [-0.25, -0.2) is 4.79 Å². The van der Waals surface area contributed by atoms with Gasteiger partial charge in [0.15, 0.2) is 0 Å². The molecule has 4 aromatic carbocycles. The highest BCUT2D eigenvalue weighted by Crippen LogP contribution is 2.62. The average molecular weight is 888 g/mol. The Balaban J connectivity index is 1.41. The molecule has 4 aromatic rings. The molecule has 0 spiro atoms. The zero-order valence-corrected chi connectivity index (χ0v) is 37.2. The van der Waals surface area contributed by atoms with Crippen LogP contribution in [0.5, 0.6) is 17.2 Å². The maximum Gasteiger partial charge on any atom is 0.410 e. The number of oxime groups is 1. The molecule has 65 heavy (non-hydrogen) atoms. The SMILES string of the molecule is C=CCCOC(=O)N(CCC)C1CC(=NOCc2ccc([N+](=O)[O-])cc2)C2=CC(CCCCO)C(CCCCO)C3c4cc(Oc5ccc6ccccc6c5)ccc4OC1(OCC=C)C23. The van der Waals surface area contributed by atoms with Crippen molar-refractivity contribution < 1.29 is 43.7 Å². The van der Waals surface area contributed by atoms with E-state index < -0.39 is 28.8 Å². The van der Waals surface area contributed by atoms with Crippen LogP contribution in [-0.4, -0.2) is 76.6 Å². The van der Waals surface area contributed by atoms with Crippen LogP contribution in [0.1, 0.15) is 81.8 Å². The maximum absolute atomic E-state index is 14.4. The summed E-state index contributed by atoms with van der Waals surface area (Å²) in [5.41, 5.74) is 3.12. The van der Waals surface area contributed by atoms with Crippen molar-refractivity contribution in [2.24, 2.45) is 22.9 Å². The maximum atomic E-state index is 14.4. The third-order valence-corrected chi connectivity index (χ3v) is 12.8. The lowest BCUT2D eigenvalue weighted by atomic mass is 9.55. The highest BCUT2D eigenvalue weighted by molar-refractivity contribution is 6.03. The summed E-state index contributed by atoms with van der Waals surface area (Å²) in [5, 5.41) is 38.4. The molecule has 0 bridgehead atoms. The predicted octanol–water partition coefficient (Wildman–Crippen LogP) is 10.8. The number of ether oxygens (including phenoxy) is 4. The first-order valence-corrected chi connectivity index (χ1v) is 22.9. The Hall–Kier alpha value is -6.02. The molecule has 1 fully saturated rings. The largest absolute Gasteiger partial charge is 0.459 e. The first-order valence-electron chi connectivity index (χ1n) is 22.9. The minimum atomic E-state index is -1.45. The van der Waals surface area contributed by atoms with Crippen LogP contribution >= 0.6 is 0 Å². The topological polar surface area (TPSA) is 162 Å². The standard InChI is InChI=1S/C52H61N3O10/c1-4-7-30-61-51(58)54(26-5-2)48-34-46(53-63-35-36-18-21-40(22-19-36)55(59)60)44-32-39(16-10-12-27-56)43(17-11-13-28-57)49-45-33-42(64-41-23-20-37-14-8-9-15-38(37)31-41)24-25-47(45)65-52(48,50(44)49)62-29-6-3/h4,6,8-9,14-15,18-25,31-33,39,43,48-50,56-57H,1,3,5,7,10-13,16-17,26-30,34-35H2,2H3. The van der Waals surface area contributed by atoms with Crippen LogP contribution in [0.2, 0.25) is 0 Å². The summed E-state index contributed by atoms with van der Waals surface area (Å²) < 4.78 is 26.9. The van der Waals surface area contributed by atoms with Gasteiger partial charge in [-0.05, 0) is 115 Å². The van der Waals surface area contributed by atoms with E-state index in [0.29, 0.717) is 60.8 Å². The molecule has 344 valence electrons. The molecule has 1 aliphatic heterocycles. The van der Waals surface area contributed by atoms with Gasteiger partial charge < -0.3 is 34.0 Å². The highest BCUT2D eigenvalue weighted by atomic mass is 16.7. The third-order valence-electron chi connectivity index (χ3n) is 12.8. The van der Waals surface area contributed by atoms with E-state index in [-0.39, 0.29) is 62.9 Å². The molecule has 7 rings (SSSR count). The molecule has 13 heteroatoms. The highest BCUT2D eigenvalue weighted by Gasteiger charge is 2.65. The summed E-state index contributed by atoms with van der Waals surface area (Å²) in [6.07, 6.45) is 10.9. The van der Waals surface area contributed by atoms with E-state index in [9.17, 15) is 25.1 Å². The Morgan fingerprint density at radius 2 is 1.69 bits per heavy atom. The summed E-state index contributed by atoms with van der Waals surface area (Å²) >= 11 is 0. The van der Waals surface area contributed by atoms with Crippen molar-refractivity contribution in [2.45, 2.75) is 89.1 Å². The molecule has 1 saturated carbocycles. The van der Waals surface area contributed by atoms with Crippen molar-refractivity contribution >= 4 is 28.3 Å². The zero-order chi connectivity index (χ0) is 45.8. The van der Waals surface area contributed by atoms with Crippen molar-refractivity contribution in [3.05, 3.63) is 143 Å². The lowest BCUT2D eigenvalue weighted by Crippen LogP contribution is -2.70. The number of rotatable bonds is 23. The minimum Gasteiger partial charge on any atom is -0.459 e. The average Bonchev–Trinajstić information content (AvgIpc) is 3.31.